The molecule has 0 bridgehead atoms. The fraction of sp³-hybridized carbons (Fsp3) is 0.300. The highest BCUT2D eigenvalue weighted by atomic mass is 32.2. The van der Waals surface area contributed by atoms with E-state index in [-0.39, 0.29) is 16.2 Å². The standard InChI is InChI=1S/C20H22N2O6S/c1-27-18-10-9-16(29(25,26)22-11-3-4-12-22)13-17(18)19(23)21-15-7-5-14(6-8-15)20(24)28-2/h5-10,13H,3-4,11-12H2,1-2H3,(H,21,23). The number of hydrogen-bond donors (Lipinski definition) is 1. The molecule has 2 aromatic rings. The largest absolute Gasteiger partial charge is 0.496 e. The Morgan fingerprint density at radius 1 is 1.00 bits per heavy atom. The fourth-order valence-electron chi connectivity index (χ4n) is 3.11. The molecule has 1 aliphatic rings. The first-order chi connectivity index (χ1) is 13.9. The molecule has 0 aliphatic carbocycles. The van der Waals surface area contributed by atoms with Crippen LogP contribution in [0, 0.1) is 0 Å². The summed E-state index contributed by atoms with van der Waals surface area (Å²) in [4.78, 5) is 24.3. The summed E-state index contributed by atoms with van der Waals surface area (Å²) in [7, 11) is -0.970. The van der Waals surface area contributed by atoms with Crippen molar-refractivity contribution < 1.29 is 27.5 Å². The summed E-state index contributed by atoms with van der Waals surface area (Å²) in [5.74, 6) is -0.746. The van der Waals surface area contributed by atoms with E-state index in [9.17, 15) is 18.0 Å². The van der Waals surface area contributed by atoms with Gasteiger partial charge in [-0.25, -0.2) is 13.2 Å². The van der Waals surface area contributed by atoms with Crippen LogP contribution in [0.25, 0.3) is 0 Å². The summed E-state index contributed by atoms with van der Waals surface area (Å²) in [6.07, 6.45) is 1.65. The number of nitrogens with one attached hydrogen (secondary N) is 1. The average Bonchev–Trinajstić information content (AvgIpc) is 3.29. The second-order valence-electron chi connectivity index (χ2n) is 6.50. The van der Waals surface area contributed by atoms with Crippen LogP contribution in [-0.4, -0.2) is 51.9 Å². The van der Waals surface area contributed by atoms with Gasteiger partial charge in [-0.05, 0) is 55.3 Å². The molecule has 1 amide bonds. The molecule has 0 spiro atoms. The van der Waals surface area contributed by atoms with E-state index in [0.29, 0.717) is 24.3 Å². The Morgan fingerprint density at radius 2 is 1.66 bits per heavy atom. The molecule has 0 unspecified atom stereocenters. The van der Waals surface area contributed by atoms with Crippen LogP contribution < -0.4 is 10.1 Å². The molecule has 1 saturated heterocycles. The van der Waals surface area contributed by atoms with Crippen molar-refractivity contribution in [2.45, 2.75) is 17.7 Å². The molecule has 9 heteroatoms. The first-order valence-electron chi connectivity index (χ1n) is 9.04. The molecule has 1 fully saturated rings. The Hall–Kier alpha value is -2.91. The van der Waals surface area contributed by atoms with Crippen LogP contribution in [-0.2, 0) is 14.8 Å². The molecule has 3 rings (SSSR count). The van der Waals surface area contributed by atoms with Crippen LogP contribution in [0.2, 0.25) is 0 Å². The van der Waals surface area contributed by atoms with Gasteiger partial charge in [0, 0.05) is 18.8 Å². The van der Waals surface area contributed by atoms with Gasteiger partial charge in [0.25, 0.3) is 5.91 Å². The van der Waals surface area contributed by atoms with Crippen LogP contribution in [0.3, 0.4) is 0 Å². The van der Waals surface area contributed by atoms with Gasteiger partial charge in [-0.3, -0.25) is 4.79 Å². The van der Waals surface area contributed by atoms with Gasteiger partial charge in [0.15, 0.2) is 0 Å². The second kappa shape index (κ2) is 8.62. The first-order valence-corrected chi connectivity index (χ1v) is 10.5. The number of benzene rings is 2. The van der Waals surface area contributed by atoms with Gasteiger partial charge >= 0.3 is 5.97 Å². The van der Waals surface area contributed by atoms with Gasteiger partial charge in [-0.2, -0.15) is 4.31 Å². The van der Waals surface area contributed by atoms with Crippen molar-refractivity contribution in [2.24, 2.45) is 0 Å². The number of amides is 1. The van der Waals surface area contributed by atoms with Gasteiger partial charge in [0.05, 0.1) is 30.2 Å². The zero-order valence-corrected chi connectivity index (χ0v) is 17.0. The monoisotopic (exact) mass is 418 g/mol. The lowest BCUT2D eigenvalue weighted by molar-refractivity contribution is 0.0600. The lowest BCUT2D eigenvalue weighted by Gasteiger charge is -2.17. The average molecular weight is 418 g/mol. The highest BCUT2D eigenvalue weighted by molar-refractivity contribution is 7.89. The van der Waals surface area contributed by atoms with Crippen molar-refractivity contribution in [3.8, 4) is 5.75 Å². The van der Waals surface area contributed by atoms with E-state index in [0.717, 1.165) is 12.8 Å². The minimum Gasteiger partial charge on any atom is -0.496 e. The molecule has 1 heterocycles. The van der Waals surface area contributed by atoms with Crippen molar-refractivity contribution in [1.29, 1.82) is 0 Å². The van der Waals surface area contributed by atoms with Crippen LogP contribution >= 0.6 is 0 Å². The molecule has 8 nitrogen and oxygen atoms in total. The van der Waals surface area contributed by atoms with E-state index in [1.807, 2.05) is 0 Å². The van der Waals surface area contributed by atoms with E-state index in [2.05, 4.69) is 10.1 Å². The highest BCUT2D eigenvalue weighted by Gasteiger charge is 2.28. The lowest BCUT2D eigenvalue weighted by atomic mass is 10.1. The molecule has 29 heavy (non-hydrogen) atoms. The minimum absolute atomic E-state index is 0.0476. The van der Waals surface area contributed by atoms with Gasteiger partial charge in [0.1, 0.15) is 5.75 Å². The molecular formula is C20H22N2O6S. The SMILES string of the molecule is COC(=O)c1ccc(NC(=O)c2cc(S(=O)(=O)N3CCCC3)ccc2OC)cc1. The summed E-state index contributed by atoms with van der Waals surface area (Å²) in [5, 5.41) is 2.69. The molecule has 0 aromatic heterocycles. The van der Waals surface area contributed by atoms with Gasteiger partial charge in [-0.1, -0.05) is 0 Å². The summed E-state index contributed by atoms with van der Waals surface area (Å²) >= 11 is 0. The predicted octanol–water partition coefficient (Wildman–Crippen LogP) is 2.52. The summed E-state index contributed by atoms with van der Waals surface area (Å²) in [6, 6.07) is 10.4. The number of carbonyl (C=O) groups is 2. The van der Waals surface area contributed by atoms with Crippen molar-refractivity contribution in [3.63, 3.8) is 0 Å². The van der Waals surface area contributed by atoms with E-state index in [1.165, 1.54) is 48.9 Å². The third-order valence-electron chi connectivity index (χ3n) is 4.68. The maximum atomic E-state index is 12.8. The predicted molar refractivity (Wildman–Crippen MR) is 107 cm³/mol. The first kappa shape index (κ1) is 20.8. The zero-order chi connectivity index (χ0) is 21.0. The normalized spacial score (nSPS) is 14.4. The Kier molecular flexibility index (Phi) is 6.19. The molecule has 2 aromatic carbocycles. The summed E-state index contributed by atoms with van der Waals surface area (Å²) in [5.41, 5.74) is 0.893. The number of esters is 1. The molecule has 0 saturated carbocycles. The van der Waals surface area contributed by atoms with Crippen molar-refractivity contribution in [2.75, 3.05) is 32.6 Å². The number of hydrogen-bond acceptors (Lipinski definition) is 6. The Balaban J connectivity index is 1.86. The number of anilines is 1. The van der Waals surface area contributed by atoms with Crippen molar-refractivity contribution in [3.05, 3.63) is 53.6 Å². The van der Waals surface area contributed by atoms with Crippen LogP contribution in [0.4, 0.5) is 5.69 Å². The summed E-state index contributed by atoms with van der Waals surface area (Å²) < 4.78 is 36.9. The Labute approximate surface area is 169 Å². The van der Waals surface area contributed by atoms with Crippen LogP contribution in [0.15, 0.2) is 47.4 Å². The number of carbonyl (C=O) groups excluding carboxylic acids is 2. The van der Waals surface area contributed by atoms with Gasteiger partial charge in [-0.15, -0.1) is 0 Å². The minimum atomic E-state index is -3.66. The van der Waals surface area contributed by atoms with E-state index in [4.69, 9.17) is 4.74 Å². The van der Waals surface area contributed by atoms with Gasteiger partial charge in [0.2, 0.25) is 10.0 Å². The molecule has 1 N–H and O–H groups in total. The number of sulfonamides is 1. The molecular weight excluding hydrogens is 396 g/mol. The topological polar surface area (TPSA) is 102 Å². The maximum absolute atomic E-state index is 12.8. The smallest absolute Gasteiger partial charge is 0.337 e. The molecule has 154 valence electrons. The third-order valence-corrected chi connectivity index (χ3v) is 6.58. The summed E-state index contributed by atoms with van der Waals surface area (Å²) in [6.45, 7) is 0.949. The van der Waals surface area contributed by atoms with Crippen molar-refractivity contribution in [1.82, 2.24) is 4.31 Å². The third kappa shape index (κ3) is 4.41. The molecule has 0 atom stereocenters. The van der Waals surface area contributed by atoms with E-state index >= 15 is 0 Å². The van der Waals surface area contributed by atoms with E-state index in [1.54, 1.807) is 12.1 Å². The number of methoxy groups -OCH3 is 2. The Morgan fingerprint density at radius 3 is 2.24 bits per heavy atom. The quantitative estimate of drug-likeness (QED) is 0.724. The van der Waals surface area contributed by atoms with Crippen LogP contribution in [0.5, 0.6) is 5.75 Å². The second-order valence-corrected chi connectivity index (χ2v) is 8.43. The van der Waals surface area contributed by atoms with Crippen molar-refractivity contribution >= 4 is 27.6 Å². The zero-order valence-electron chi connectivity index (χ0n) is 16.2. The van der Waals surface area contributed by atoms with Gasteiger partial charge < -0.3 is 14.8 Å². The highest BCUT2D eigenvalue weighted by Crippen LogP contribution is 2.27. The van der Waals surface area contributed by atoms with Crippen LogP contribution in [0.1, 0.15) is 33.6 Å². The maximum Gasteiger partial charge on any atom is 0.337 e. The number of nitrogens with zero attached hydrogens (tertiary/aromatic N) is 1. The number of rotatable bonds is 6. The lowest BCUT2D eigenvalue weighted by Crippen LogP contribution is -2.28. The number of ether oxygens (including phenoxy) is 2. The van der Waals surface area contributed by atoms with E-state index < -0.39 is 21.9 Å². The molecule has 0 radical (unpaired) electrons. The fourth-order valence-corrected chi connectivity index (χ4v) is 4.65. The Bertz CT molecular complexity index is 1010. The molecule has 1 aliphatic heterocycles.